The molecular formula is C36H40Cl2N4O8. The summed E-state index contributed by atoms with van der Waals surface area (Å²) in [4.78, 5) is 24.7. The Labute approximate surface area is 301 Å². The molecule has 12 nitrogen and oxygen atoms in total. The smallest absolute Gasteiger partial charge is 0.337 e. The minimum atomic E-state index is -1.19. The first-order valence-electron chi connectivity index (χ1n) is 15.8. The average molecular weight is 728 g/mol. The fourth-order valence-corrected chi connectivity index (χ4v) is 5.56. The number of nitrogens with one attached hydrogen (secondary N) is 3. The van der Waals surface area contributed by atoms with Gasteiger partial charge in [0, 0.05) is 26.9 Å². The van der Waals surface area contributed by atoms with E-state index < -0.39 is 24.3 Å². The van der Waals surface area contributed by atoms with Crippen LogP contribution in [0.25, 0.3) is 0 Å². The van der Waals surface area contributed by atoms with E-state index in [1.54, 1.807) is 55.6 Å². The number of hydrazone groups is 1. The number of hydrogen-bond acceptors (Lipinski definition) is 10. The van der Waals surface area contributed by atoms with Gasteiger partial charge in [-0.1, -0.05) is 41.4 Å². The normalized spacial score (nSPS) is 14.8. The molecule has 50 heavy (non-hydrogen) atoms. The zero-order valence-electron chi connectivity index (χ0n) is 28.2. The van der Waals surface area contributed by atoms with Crippen LogP contribution in [-0.4, -0.2) is 56.5 Å². The maximum absolute atomic E-state index is 12.5. The molecular weight excluding hydrogens is 687 g/mol. The monoisotopic (exact) mass is 726 g/mol. The number of ether oxygens (including phenoxy) is 5. The summed E-state index contributed by atoms with van der Waals surface area (Å²) in [5.74, 6) is 1.19. The molecule has 4 rings (SSSR count). The Bertz CT molecular complexity index is 1760. The number of urea groups is 1. The van der Waals surface area contributed by atoms with Gasteiger partial charge in [0.25, 0.3) is 0 Å². The number of aliphatic hydroxyl groups excluding tert-OH is 1. The van der Waals surface area contributed by atoms with E-state index in [9.17, 15) is 14.7 Å². The summed E-state index contributed by atoms with van der Waals surface area (Å²) in [6.07, 6.45) is 2.61. The van der Waals surface area contributed by atoms with Crippen LogP contribution in [0.1, 0.15) is 49.1 Å². The lowest BCUT2D eigenvalue weighted by Crippen LogP contribution is -2.45. The van der Waals surface area contributed by atoms with Crippen molar-refractivity contribution in [3.63, 3.8) is 0 Å². The summed E-state index contributed by atoms with van der Waals surface area (Å²) in [7, 11) is 1.27. The van der Waals surface area contributed by atoms with Gasteiger partial charge in [-0.05, 0) is 74.7 Å². The van der Waals surface area contributed by atoms with Crippen molar-refractivity contribution in [3.05, 3.63) is 105 Å². The third kappa shape index (κ3) is 9.84. The Morgan fingerprint density at radius 1 is 1.02 bits per heavy atom. The van der Waals surface area contributed by atoms with Gasteiger partial charge in [-0.15, -0.1) is 6.58 Å². The Balaban J connectivity index is 1.45. The minimum absolute atomic E-state index is 0.181. The molecule has 1 aliphatic rings. The molecule has 266 valence electrons. The first kappa shape index (κ1) is 37.9. The van der Waals surface area contributed by atoms with Crippen LogP contribution in [0.4, 0.5) is 4.79 Å². The first-order chi connectivity index (χ1) is 24.1. The summed E-state index contributed by atoms with van der Waals surface area (Å²) in [5.41, 5.74) is 6.16. The zero-order valence-corrected chi connectivity index (χ0v) is 29.7. The van der Waals surface area contributed by atoms with E-state index in [0.717, 1.165) is 11.1 Å². The van der Waals surface area contributed by atoms with Gasteiger partial charge >= 0.3 is 12.0 Å². The number of aliphatic hydroxyl groups is 1. The van der Waals surface area contributed by atoms with E-state index in [1.165, 1.54) is 7.11 Å². The topological polar surface area (TPSA) is 149 Å². The maximum Gasteiger partial charge on any atom is 0.337 e. The van der Waals surface area contributed by atoms with Crippen molar-refractivity contribution in [1.29, 1.82) is 0 Å². The molecule has 0 aliphatic carbocycles. The van der Waals surface area contributed by atoms with E-state index in [-0.39, 0.29) is 18.8 Å². The molecule has 14 heteroatoms. The Kier molecular flexibility index (Phi) is 13.8. The summed E-state index contributed by atoms with van der Waals surface area (Å²) in [5, 5.41) is 21.2. The quantitative estimate of drug-likeness (QED) is 0.0418. The lowest BCUT2D eigenvalue weighted by molar-refractivity contribution is -0.136. The van der Waals surface area contributed by atoms with Crippen LogP contribution < -0.4 is 35.0 Å². The molecule has 1 heterocycles. The third-order valence-corrected chi connectivity index (χ3v) is 7.90. The van der Waals surface area contributed by atoms with E-state index in [4.69, 9.17) is 46.9 Å². The van der Waals surface area contributed by atoms with Gasteiger partial charge in [0.2, 0.25) is 0 Å². The van der Waals surface area contributed by atoms with Gasteiger partial charge in [0.05, 0.1) is 38.2 Å². The lowest BCUT2D eigenvalue weighted by Gasteiger charge is -2.28. The van der Waals surface area contributed by atoms with E-state index in [2.05, 4.69) is 27.7 Å². The number of halogens is 2. The number of nitrogens with zero attached hydrogens (tertiary/aromatic N) is 1. The molecule has 0 spiro atoms. The Morgan fingerprint density at radius 2 is 1.78 bits per heavy atom. The number of carbonyl (C=O) groups is 2. The van der Waals surface area contributed by atoms with E-state index in [0.29, 0.717) is 69.5 Å². The second kappa shape index (κ2) is 18.2. The fraction of sp³-hybridized carbons (Fsp3) is 0.306. The highest BCUT2D eigenvalue weighted by molar-refractivity contribution is 6.35. The van der Waals surface area contributed by atoms with Gasteiger partial charge in [-0.2, -0.15) is 5.10 Å². The summed E-state index contributed by atoms with van der Waals surface area (Å²) in [6.45, 7) is 9.92. The van der Waals surface area contributed by atoms with Crippen LogP contribution in [-0.2, 0) is 22.6 Å². The van der Waals surface area contributed by atoms with E-state index in [1.807, 2.05) is 26.0 Å². The first-order valence-corrected chi connectivity index (χ1v) is 16.5. The molecule has 4 N–H and O–H groups in total. The number of rotatable bonds is 17. The molecule has 2 atom stereocenters. The molecule has 0 aromatic heterocycles. The molecule has 1 aliphatic heterocycles. The Morgan fingerprint density at radius 3 is 2.48 bits per heavy atom. The van der Waals surface area contributed by atoms with Crippen molar-refractivity contribution in [2.45, 2.75) is 46.1 Å². The fourth-order valence-electron chi connectivity index (χ4n) is 5.10. The number of hydrogen-bond donors (Lipinski definition) is 4. The van der Waals surface area contributed by atoms with Crippen molar-refractivity contribution in [1.82, 2.24) is 16.1 Å². The van der Waals surface area contributed by atoms with Gasteiger partial charge in [-0.3, -0.25) is 5.43 Å². The highest BCUT2D eigenvalue weighted by Gasteiger charge is 2.32. The van der Waals surface area contributed by atoms with Gasteiger partial charge in [0.1, 0.15) is 13.2 Å². The van der Waals surface area contributed by atoms with Crippen molar-refractivity contribution >= 4 is 41.4 Å². The summed E-state index contributed by atoms with van der Waals surface area (Å²) < 4.78 is 28.6. The highest BCUT2D eigenvalue weighted by Crippen LogP contribution is 2.36. The summed E-state index contributed by atoms with van der Waals surface area (Å²) in [6, 6.07) is 12.7. The van der Waals surface area contributed by atoms with E-state index >= 15 is 0 Å². The van der Waals surface area contributed by atoms with Gasteiger partial charge in [-0.25, -0.2) is 9.59 Å². The number of carbonyl (C=O) groups excluding carboxylic acids is 2. The predicted molar refractivity (Wildman–Crippen MR) is 191 cm³/mol. The molecule has 2 amide bonds. The molecule has 0 saturated carbocycles. The van der Waals surface area contributed by atoms with Crippen LogP contribution in [0.15, 0.2) is 77.6 Å². The molecule has 0 radical (unpaired) electrons. The molecule has 3 aromatic rings. The molecule has 0 unspecified atom stereocenters. The maximum atomic E-state index is 12.5. The third-order valence-electron chi connectivity index (χ3n) is 7.31. The largest absolute Gasteiger partial charge is 0.490 e. The number of esters is 1. The number of benzene rings is 3. The van der Waals surface area contributed by atoms with Crippen molar-refractivity contribution in [2.75, 3.05) is 26.9 Å². The molecule has 0 saturated heterocycles. The second-order valence-electron chi connectivity index (χ2n) is 10.9. The van der Waals surface area contributed by atoms with Crippen LogP contribution >= 0.6 is 23.2 Å². The standard InChI is InChI=1S/C36H40Cl2N4O8/c1-6-9-24-14-22(15-30(48-8-3)34(24)50-19-25-10-12-26(37)17-27(25)38)18-39-42-31(43)20-49-28-13-11-23(16-29(28)47-7-2)33-32(35(44)46-5)21(4)40-36(45)41-33/h6,10-18,31,33,42-43H,1,7-9,19-20H2,2-5H3,(H2,40,41,45)/b39-18-/t31-,33+/m0/s1. The van der Waals surface area contributed by atoms with Crippen LogP contribution in [0, 0.1) is 0 Å². The van der Waals surface area contributed by atoms with Crippen molar-refractivity contribution in [2.24, 2.45) is 5.10 Å². The zero-order chi connectivity index (χ0) is 36.2. The second-order valence-corrected chi connectivity index (χ2v) is 11.7. The van der Waals surface area contributed by atoms with Crippen LogP contribution in [0.3, 0.4) is 0 Å². The van der Waals surface area contributed by atoms with Crippen molar-refractivity contribution in [3.8, 4) is 23.0 Å². The Hall–Kier alpha value is -4.91. The molecule has 0 bridgehead atoms. The van der Waals surface area contributed by atoms with Crippen LogP contribution in [0.5, 0.6) is 23.0 Å². The highest BCUT2D eigenvalue weighted by atomic mass is 35.5. The van der Waals surface area contributed by atoms with Crippen molar-refractivity contribution < 1.29 is 38.4 Å². The SMILES string of the molecule is C=CCc1cc(/C=N\N[C@@H](O)COc2ccc([C@H]3NC(=O)NC(C)=C3C(=O)OC)cc2OCC)cc(OCC)c1OCc1ccc(Cl)cc1Cl. The number of amides is 2. The molecule has 0 fully saturated rings. The predicted octanol–water partition coefficient (Wildman–Crippen LogP) is 6.22. The average Bonchev–Trinajstić information content (AvgIpc) is 3.08. The number of methoxy groups -OCH3 is 1. The van der Waals surface area contributed by atoms with Gasteiger partial charge in [0.15, 0.2) is 29.2 Å². The van der Waals surface area contributed by atoms with Gasteiger partial charge < -0.3 is 39.4 Å². The summed E-state index contributed by atoms with van der Waals surface area (Å²) >= 11 is 12.4. The number of allylic oxidation sites excluding steroid dienone is 2. The lowest BCUT2D eigenvalue weighted by atomic mass is 9.95. The molecule has 3 aromatic carbocycles. The minimum Gasteiger partial charge on any atom is -0.490 e. The van der Waals surface area contributed by atoms with Crippen LogP contribution in [0.2, 0.25) is 10.0 Å².